The molecule has 35 heavy (non-hydrogen) atoms. The standard InChI is InChI=1S/C25H40N4O6/c1-6-15(4)21(29-23(32)20(26)16(5)30)24(33)27-18(13-17-10-8-7-9-11-17)22(31)28-19(25(34)35)12-14(2)3/h7-11,14-16,18-21,30H,6,12-13,26H2,1-5H3,(H,27,33)(H,28,31)(H,29,32)(H,34,35). The van der Waals surface area contributed by atoms with Crippen LogP contribution >= 0.6 is 0 Å². The van der Waals surface area contributed by atoms with Gasteiger partial charge < -0.3 is 31.9 Å². The predicted octanol–water partition coefficient (Wildman–Crippen LogP) is 0.568. The molecule has 0 saturated heterocycles. The molecule has 7 N–H and O–H groups in total. The number of rotatable bonds is 14. The fraction of sp³-hybridized carbons (Fsp3) is 0.600. The van der Waals surface area contributed by atoms with Gasteiger partial charge in [0.05, 0.1) is 6.10 Å². The molecule has 10 nitrogen and oxygen atoms in total. The number of aliphatic hydroxyl groups is 1. The Morgan fingerprint density at radius 2 is 1.46 bits per heavy atom. The van der Waals surface area contributed by atoms with E-state index in [-0.39, 0.29) is 24.7 Å². The van der Waals surface area contributed by atoms with Crippen LogP contribution in [0.25, 0.3) is 0 Å². The summed E-state index contributed by atoms with van der Waals surface area (Å²) in [5, 5.41) is 27.0. The Bertz CT molecular complexity index is 846. The van der Waals surface area contributed by atoms with Crippen molar-refractivity contribution in [1.82, 2.24) is 16.0 Å². The number of aliphatic carboxylic acids is 1. The molecular formula is C25H40N4O6. The van der Waals surface area contributed by atoms with Crippen molar-refractivity contribution >= 4 is 23.7 Å². The molecule has 6 unspecified atom stereocenters. The fourth-order valence-corrected chi connectivity index (χ4v) is 3.46. The van der Waals surface area contributed by atoms with Gasteiger partial charge in [-0.1, -0.05) is 64.4 Å². The van der Waals surface area contributed by atoms with E-state index in [1.807, 2.05) is 26.8 Å². The Hall–Kier alpha value is -2.98. The van der Waals surface area contributed by atoms with Gasteiger partial charge in [0.2, 0.25) is 17.7 Å². The minimum Gasteiger partial charge on any atom is -0.480 e. The molecule has 0 heterocycles. The molecule has 196 valence electrons. The zero-order valence-electron chi connectivity index (χ0n) is 21.2. The van der Waals surface area contributed by atoms with E-state index in [9.17, 15) is 29.4 Å². The third-order valence-electron chi connectivity index (χ3n) is 5.85. The van der Waals surface area contributed by atoms with E-state index in [1.54, 1.807) is 31.2 Å². The van der Waals surface area contributed by atoms with Crippen LogP contribution in [0.2, 0.25) is 0 Å². The summed E-state index contributed by atoms with van der Waals surface area (Å²) in [4.78, 5) is 50.5. The Labute approximate surface area is 207 Å². The monoisotopic (exact) mass is 492 g/mol. The molecule has 0 fully saturated rings. The van der Waals surface area contributed by atoms with Crippen LogP contribution < -0.4 is 21.7 Å². The summed E-state index contributed by atoms with van der Waals surface area (Å²) in [6, 6.07) is 4.60. The molecule has 1 rings (SSSR count). The van der Waals surface area contributed by atoms with Gasteiger partial charge in [-0.25, -0.2) is 4.79 Å². The van der Waals surface area contributed by atoms with E-state index < -0.39 is 54.0 Å². The Kier molecular flexibility index (Phi) is 12.4. The topological polar surface area (TPSA) is 171 Å². The lowest BCUT2D eigenvalue weighted by molar-refractivity contribution is -0.142. The highest BCUT2D eigenvalue weighted by Crippen LogP contribution is 2.12. The summed E-state index contributed by atoms with van der Waals surface area (Å²) in [6.07, 6.45) is -0.203. The van der Waals surface area contributed by atoms with Crippen LogP contribution in [-0.2, 0) is 25.6 Å². The van der Waals surface area contributed by atoms with Crippen LogP contribution in [0.15, 0.2) is 30.3 Å². The first-order valence-corrected chi connectivity index (χ1v) is 12.0. The highest BCUT2D eigenvalue weighted by molar-refractivity contribution is 5.94. The number of aliphatic hydroxyl groups excluding tert-OH is 1. The van der Waals surface area contributed by atoms with Gasteiger partial charge in [-0.05, 0) is 30.7 Å². The van der Waals surface area contributed by atoms with Crippen molar-refractivity contribution in [1.29, 1.82) is 0 Å². The lowest BCUT2D eigenvalue weighted by Gasteiger charge is -2.28. The molecule has 0 aliphatic rings. The van der Waals surface area contributed by atoms with Crippen molar-refractivity contribution in [2.45, 2.75) is 84.2 Å². The first kappa shape index (κ1) is 30.1. The summed E-state index contributed by atoms with van der Waals surface area (Å²) >= 11 is 0. The summed E-state index contributed by atoms with van der Waals surface area (Å²) in [5.41, 5.74) is 6.48. The van der Waals surface area contributed by atoms with E-state index in [0.29, 0.717) is 6.42 Å². The van der Waals surface area contributed by atoms with Gasteiger partial charge >= 0.3 is 5.97 Å². The Morgan fingerprint density at radius 3 is 1.94 bits per heavy atom. The molecule has 6 atom stereocenters. The predicted molar refractivity (Wildman–Crippen MR) is 132 cm³/mol. The maximum atomic E-state index is 13.2. The smallest absolute Gasteiger partial charge is 0.326 e. The van der Waals surface area contributed by atoms with Crippen molar-refractivity contribution in [3.8, 4) is 0 Å². The van der Waals surface area contributed by atoms with E-state index >= 15 is 0 Å². The maximum Gasteiger partial charge on any atom is 0.326 e. The van der Waals surface area contributed by atoms with Crippen LogP contribution in [0, 0.1) is 11.8 Å². The molecule has 0 bridgehead atoms. The summed E-state index contributed by atoms with van der Waals surface area (Å²) in [6.45, 7) is 8.70. The lowest BCUT2D eigenvalue weighted by Crippen LogP contribution is -2.60. The number of amides is 3. The van der Waals surface area contributed by atoms with Gasteiger partial charge in [0, 0.05) is 6.42 Å². The molecular weight excluding hydrogens is 452 g/mol. The SMILES string of the molecule is CCC(C)C(NC(=O)C(N)C(C)O)C(=O)NC(Cc1ccccc1)C(=O)NC(CC(C)C)C(=O)O. The van der Waals surface area contributed by atoms with Crippen molar-refractivity contribution in [3.63, 3.8) is 0 Å². The second-order valence-corrected chi connectivity index (χ2v) is 9.42. The molecule has 1 aromatic carbocycles. The number of carboxylic acid groups (broad SMARTS) is 1. The van der Waals surface area contributed by atoms with E-state index in [1.165, 1.54) is 6.92 Å². The van der Waals surface area contributed by atoms with Crippen LogP contribution in [0.5, 0.6) is 0 Å². The second kappa shape index (κ2) is 14.4. The van der Waals surface area contributed by atoms with Crippen LogP contribution in [-0.4, -0.2) is 64.2 Å². The number of carboxylic acids is 1. The van der Waals surface area contributed by atoms with Crippen LogP contribution in [0.3, 0.4) is 0 Å². The third kappa shape index (κ3) is 10.0. The largest absolute Gasteiger partial charge is 0.480 e. The molecule has 0 aromatic heterocycles. The minimum atomic E-state index is -1.22. The fourth-order valence-electron chi connectivity index (χ4n) is 3.46. The van der Waals surface area contributed by atoms with Crippen LogP contribution in [0.1, 0.15) is 53.0 Å². The summed E-state index contributed by atoms with van der Waals surface area (Å²) in [5.74, 6) is -3.35. The molecule has 10 heteroatoms. The molecule has 0 radical (unpaired) electrons. The van der Waals surface area contributed by atoms with Crippen LogP contribution in [0.4, 0.5) is 0 Å². The number of hydrogen-bond acceptors (Lipinski definition) is 6. The molecule has 1 aromatic rings. The van der Waals surface area contributed by atoms with Crippen molar-refractivity contribution < 1.29 is 29.4 Å². The zero-order chi connectivity index (χ0) is 26.7. The zero-order valence-corrected chi connectivity index (χ0v) is 21.2. The second-order valence-electron chi connectivity index (χ2n) is 9.42. The summed E-state index contributed by atoms with van der Waals surface area (Å²) in [7, 11) is 0. The highest BCUT2D eigenvalue weighted by Gasteiger charge is 2.33. The Balaban J connectivity index is 3.16. The molecule has 0 saturated carbocycles. The number of carbonyl (C=O) groups excluding carboxylic acids is 3. The average Bonchev–Trinajstić information content (AvgIpc) is 2.80. The van der Waals surface area contributed by atoms with Gasteiger partial charge in [-0.15, -0.1) is 0 Å². The first-order chi connectivity index (χ1) is 16.4. The van der Waals surface area contributed by atoms with Crippen molar-refractivity contribution in [2.24, 2.45) is 17.6 Å². The number of carbonyl (C=O) groups is 4. The van der Waals surface area contributed by atoms with Crippen molar-refractivity contribution in [3.05, 3.63) is 35.9 Å². The van der Waals surface area contributed by atoms with Gasteiger partial charge in [0.15, 0.2) is 0 Å². The van der Waals surface area contributed by atoms with Gasteiger partial charge in [0.1, 0.15) is 24.2 Å². The number of hydrogen-bond donors (Lipinski definition) is 6. The van der Waals surface area contributed by atoms with Crippen molar-refractivity contribution in [2.75, 3.05) is 0 Å². The highest BCUT2D eigenvalue weighted by atomic mass is 16.4. The van der Waals surface area contributed by atoms with E-state index in [2.05, 4.69) is 16.0 Å². The van der Waals surface area contributed by atoms with E-state index in [0.717, 1.165) is 5.56 Å². The van der Waals surface area contributed by atoms with Gasteiger partial charge in [0.25, 0.3) is 0 Å². The number of nitrogens with two attached hydrogens (primary N) is 1. The maximum absolute atomic E-state index is 13.2. The average molecular weight is 493 g/mol. The van der Waals surface area contributed by atoms with Gasteiger partial charge in [-0.2, -0.15) is 0 Å². The quantitative estimate of drug-likeness (QED) is 0.220. The molecule has 0 spiro atoms. The third-order valence-corrected chi connectivity index (χ3v) is 5.85. The Morgan fingerprint density at radius 1 is 0.886 bits per heavy atom. The lowest BCUT2D eigenvalue weighted by atomic mass is 9.96. The van der Waals surface area contributed by atoms with Gasteiger partial charge in [-0.3, -0.25) is 14.4 Å². The molecule has 0 aliphatic carbocycles. The molecule has 3 amide bonds. The first-order valence-electron chi connectivity index (χ1n) is 12.0. The minimum absolute atomic E-state index is 0.0293. The number of benzene rings is 1. The van der Waals surface area contributed by atoms with E-state index in [4.69, 9.17) is 5.73 Å². The molecule has 0 aliphatic heterocycles. The number of nitrogens with one attached hydrogen (secondary N) is 3. The summed E-state index contributed by atoms with van der Waals surface area (Å²) < 4.78 is 0. The normalized spacial score (nSPS) is 16.3.